The second-order valence-electron chi connectivity index (χ2n) is 5.94. The predicted molar refractivity (Wildman–Crippen MR) is 110 cm³/mol. The minimum atomic E-state index is -3.52. The van der Waals surface area contributed by atoms with Gasteiger partial charge in [-0.3, -0.25) is 14.9 Å². The molecule has 0 aliphatic rings. The SMILES string of the molecule is CC(=O)NCc1ccc(-c2csc(NC(=O)c3ccccc3S(C)(=O)=O)n2)s1. The summed E-state index contributed by atoms with van der Waals surface area (Å²) in [6, 6.07) is 9.87. The molecule has 0 radical (unpaired) electrons. The number of amides is 2. The monoisotopic (exact) mass is 435 g/mol. The molecule has 0 fully saturated rings. The van der Waals surface area contributed by atoms with Crippen LogP contribution in [0.25, 0.3) is 10.6 Å². The van der Waals surface area contributed by atoms with Crippen LogP contribution in [0.2, 0.25) is 0 Å². The maximum absolute atomic E-state index is 12.5. The van der Waals surface area contributed by atoms with Crippen LogP contribution in [0.4, 0.5) is 5.13 Å². The molecule has 1 aromatic carbocycles. The fourth-order valence-electron chi connectivity index (χ4n) is 2.41. The van der Waals surface area contributed by atoms with Crippen molar-refractivity contribution in [2.45, 2.75) is 18.4 Å². The highest BCUT2D eigenvalue weighted by Gasteiger charge is 2.19. The lowest BCUT2D eigenvalue weighted by Crippen LogP contribution is -2.17. The van der Waals surface area contributed by atoms with Crippen LogP contribution in [0.1, 0.15) is 22.2 Å². The van der Waals surface area contributed by atoms with Crippen LogP contribution >= 0.6 is 22.7 Å². The average Bonchev–Trinajstić information content (AvgIpc) is 3.28. The van der Waals surface area contributed by atoms with Crippen LogP contribution in [0.3, 0.4) is 0 Å². The van der Waals surface area contributed by atoms with Crippen LogP contribution in [0.15, 0.2) is 46.7 Å². The minimum Gasteiger partial charge on any atom is -0.351 e. The molecular weight excluding hydrogens is 418 g/mol. The Morgan fingerprint density at radius 2 is 1.89 bits per heavy atom. The van der Waals surface area contributed by atoms with E-state index >= 15 is 0 Å². The Balaban J connectivity index is 1.75. The number of thiophene rings is 1. The first-order valence-corrected chi connectivity index (χ1v) is 11.7. The van der Waals surface area contributed by atoms with Crippen molar-refractivity contribution in [3.63, 3.8) is 0 Å². The molecule has 0 saturated carbocycles. The Labute approximate surface area is 170 Å². The standard InChI is InChI=1S/C18H17N3O4S3/c1-11(22)19-9-12-7-8-15(27-12)14-10-26-18(20-14)21-17(23)13-5-3-4-6-16(13)28(2,24)25/h3-8,10H,9H2,1-2H3,(H,19,22)(H,20,21,23). The summed E-state index contributed by atoms with van der Waals surface area (Å²) in [6.45, 7) is 1.92. The molecule has 0 bridgehead atoms. The number of thiazole rings is 1. The Hall–Kier alpha value is -2.56. The Kier molecular flexibility index (Phi) is 5.92. The largest absolute Gasteiger partial charge is 0.351 e. The molecule has 2 amide bonds. The van der Waals surface area contributed by atoms with Gasteiger partial charge >= 0.3 is 0 Å². The highest BCUT2D eigenvalue weighted by molar-refractivity contribution is 7.90. The van der Waals surface area contributed by atoms with E-state index in [0.717, 1.165) is 16.0 Å². The van der Waals surface area contributed by atoms with Crippen LogP contribution in [-0.2, 0) is 21.2 Å². The third-order valence-electron chi connectivity index (χ3n) is 3.68. The van der Waals surface area contributed by atoms with Gasteiger partial charge < -0.3 is 5.32 Å². The number of carbonyl (C=O) groups excluding carboxylic acids is 2. The summed E-state index contributed by atoms with van der Waals surface area (Å²) in [5.74, 6) is -0.623. The number of sulfone groups is 1. The van der Waals surface area contributed by atoms with E-state index in [2.05, 4.69) is 15.6 Å². The Morgan fingerprint density at radius 1 is 1.14 bits per heavy atom. The van der Waals surface area contributed by atoms with Gasteiger partial charge in [0.05, 0.1) is 27.6 Å². The lowest BCUT2D eigenvalue weighted by Gasteiger charge is -2.06. The van der Waals surface area contributed by atoms with Crippen molar-refractivity contribution in [1.29, 1.82) is 0 Å². The lowest BCUT2D eigenvalue weighted by atomic mass is 10.2. The number of carbonyl (C=O) groups is 2. The predicted octanol–water partition coefficient (Wildman–Crippen LogP) is 3.16. The zero-order chi connectivity index (χ0) is 20.3. The van der Waals surface area contributed by atoms with Crippen LogP contribution in [0.5, 0.6) is 0 Å². The summed E-state index contributed by atoms with van der Waals surface area (Å²) in [5.41, 5.74) is 0.784. The van der Waals surface area contributed by atoms with E-state index in [1.807, 2.05) is 17.5 Å². The molecule has 0 aliphatic heterocycles. The first-order chi connectivity index (χ1) is 13.2. The van der Waals surface area contributed by atoms with Gasteiger partial charge in [-0.15, -0.1) is 22.7 Å². The second kappa shape index (κ2) is 8.21. The first kappa shape index (κ1) is 20.2. The van der Waals surface area contributed by atoms with Gasteiger partial charge in [0.2, 0.25) is 5.91 Å². The van der Waals surface area contributed by atoms with Gasteiger partial charge in [-0.2, -0.15) is 0 Å². The highest BCUT2D eigenvalue weighted by Crippen LogP contribution is 2.31. The molecule has 3 rings (SSSR count). The van der Waals surface area contributed by atoms with E-state index in [1.54, 1.807) is 12.1 Å². The van der Waals surface area contributed by atoms with E-state index in [4.69, 9.17) is 0 Å². The van der Waals surface area contributed by atoms with Crippen molar-refractivity contribution in [1.82, 2.24) is 10.3 Å². The van der Waals surface area contributed by atoms with Gasteiger partial charge in [-0.05, 0) is 24.3 Å². The third-order valence-corrected chi connectivity index (χ3v) is 6.70. The summed E-state index contributed by atoms with van der Waals surface area (Å²) >= 11 is 2.75. The van der Waals surface area contributed by atoms with E-state index in [9.17, 15) is 18.0 Å². The van der Waals surface area contributed by atoms with Gasteiger partial charge in [0.25, 0.3) is 5.91 Å². The molecule has 2 aromatic heterocycles. The molecule has 28 heavy (non-hydrogen) atoms. The molecule has 10 heteroatoms. The van der Waals surface area contributed by atoms with Crippen molar-refractivity contribution in [3.05, 3.63) is 52.2 Å². The van der Waals surface area contributed by atoms with Crippen LogP contribution in [-0.4, -0.2) is 31.5 Å². The number of aromatic nitrogens is 1. The zero-order valence-electron chi connectivity index (χ0n) is 15.1. The van der Waals surface area contributed by atoms with E-state index in [1.165, 1.54) is 41.7 Å². The smallest absolute Gasteiger partial charge is 0.258 e. The molecule has 0 aliphatic carbocycles. The van der Waals surface area contributed by atoms with E-state index in [-0.39, 0.29) is 16.4 Å². The molecule has 0 saturated heterocycles. The molecular formula is C18H17N3O4S3. The van der Waals surface area contributed by atoms with Gasteiger partial charge in [-0.25, -0.2) is 13.4 Å². The molecule has 7 nitrogen and oxygen atoms in total. The topological polar surface area (TPSA) is 105 Å². The van der Waals surface area contributed by atoms with Crippen LogP contribution in [0, 0.1) is 0 Å². The van der Waals surface area contributed by atoms with Crippen molar-refractivity contribution < 1.29 is 18.0 Å². The molecule has 2 heterocycles. The van der Waals surface area contributed by atoms with E-state index < -0.39 is 15.7 Å². The Morgan fingerprint density at radius 3 is 2.61 bits per heavy atom. The fourth-order valence-corrected chi connectivity index (χ4v) is 4.98. The molecule has 2 N–H and O–H groups in total. The molecule has 146 valence electrons. The zero-order valence-corrected chi connectivity index (χ0v) is 17.5. The Bertz CT molecular complexity index is 1130. The van der Waals surface area contributed by atoms with Crippen molar-refractivity contribution >= 4 is 49.5 Å². The molecule has 0 unspecified atom stereocenters. The van der Waals surface area contributed by atoms with Gasteiger partial charge in [0, 0.05) is 23.4 Å². The second-order valence-corrected chi connectivity index (χ2v) is 9.95. The number of anilines is 1. The first-order valence-electron chi connectivity index (χ1n) is 8.13. The van der Waals surface area contributed by atoms with Gasteiger partial charge in [0.15, 0.2) is 15.0 Å². The van der Waals surface area contributed by atoms with E-state index in [0.29, 0.717) is 17.4 Å². The molecule has 3 aromatic rings. The number of hydrogen-bond acceptors (Lipinski definition) is 7. The normalized spacial score (nSPS) is 11.2. The van der Waals surface area contributed by atoms with Crippen molar-refractivity contribution in [3.8, 4) is 10.6 Å². The van der Waals surface area contributed by atoms with Crippen molar-refractivity contribution in [2.75, 3.05) is 11.6 Å². The third kappa shape index (κ3) is 4.83. The lowest BCUT2D eigenvalue weighted by molar-refractivity contribution is -0.119. The van der Waals surface area contributed by atoms with Crippen LogP contribution < -0.4 is 10.6 Å². The summed E-state index contributed by atoms with van der Waals surface area (Å²) < 4.78 is 23.8. The maximum Gasteiger partial charge on any atom is 0.258 e. The molecule has 0 atom stereocenters. The van der Waals surface area contributed by atoms with Gasteiger partial charge in [0.1, 0.15) is 0 Å². The number of nitrogens with one attached hydrogen (secondary N) is 2. The minimum absolute atomic E-state index is 0.0230. The quantitative estimate of drug-likeness (QED) is 0.619. The highest BCUT2D eigenvalue weighted by atomic mass is 32.2. The maximum atomic E-state index is 12.5. The molecule has 0 spiro atoms. The average molecular weight is 436 g/mol. The number of nitrogens with zero attached hydrogens (tertiary/aromatic N) is 1. The number of hydrogen-bond donors (Lipinski definition) is 2. The number of benzene rings is 1. The number of rotatable bonds is 6. The summed E-state index contributed by atoms with van der Waals surface area (Å²) in [7, 11) is -3.52. The fraction of sp³-hybridized carbons (Fsp3) is 0.167. The summed E-state index contributed by atoms with van der Waals surface area (Å²) in [5, 5.41) is 7.59. The summed E-state index contributed by atoms with van der Waals surface area (Å²) in [6.07, 6.45) is 1.07. The summed E-state index contributed by atoms with van der Waals surface area (Å²) in [4.78, 5) is 29.8. The van der Waals surface area contributed by atoms with Crippen molar-refractivity contribution in [2.24, 2.45) is 0 Å². The van der Waals surface area contributed by atoms with Gasteiger partial charge in [-0.1, -0.05) is 12.1 Å².